The third-order valence-corrected chi connectivity index (χ3v) is 3.48. The van der Waals surface area contributed by atoms with Gasteiger partial charge in [-0.1, -0.05) is 5.10 Å². The van der Waals surface area contributed by atoms with Gasteiger partial charge in [-0.25, -0.2) is 0 Å². The Morgan fingerprint density at radius 3 is 2.57 bits per heavy atom. The maximum atomic E-state index is 12.1. The molecule has 1 aromatic heterocycles. The normalized spacial score (nSPS) is 10.2. The van der Waals surface area contributed by atoms with E-state index in [4.69, 9.17) is 4.74 Å². The number of halogens is 1. The molecule has 0 aliphatic heterocycles. The molecule has 0 aliphatic rings. The van der Waals surface area contributed by atoms with Crippen LogP contribution in [0, 0.1) is 20.2 Å². The Balaban J connectivity index is 2.30. The van der Waals surface area contributed by atoms with Crippen LogP contribution in [0.4, 0.5) is 17.2 Å². The number of carbonyl (C=O) groups excluding carboxylic acids is 1. The first-order chi connectivity index (χ1) is 10.8. The molecule has 0 bridgehead atoms. The lowest BCUT2D eigenvalue weighted by Gasteiger charge is -2.08. The smallest absolute Gasteiger partial charge is 0.357 e. The van der Waals surface area contributed by atoms with E-state index in [1.54, 1.807) is 0 Å². The van der Waals surface area contributed by atoms with Gasteiger partial charge in [0.05, 0.1) is 23.8 Å². The van der Waals surface area contributed by atoms with E-state index in [-0.39, 0.29) is 27.3 Å². The van der Waals surface area contributed by atoms with Crippen molar-refractivity contribution in [3.8, 4) is 5.75 Å². The SMILES string of the molecule is COc1cc([N+](=O)[O-])ccc1NC(=O)c1n[nH]c([N+](=O)[O-])c1Br. The summed E-state index contributed by atoms with van der Waals surface area (Å²) < 4.78 is 4.87. The zero-order valence-corrected chi connectivity index (χ0v) is 13.0. The summed E-state index contributed by atoms with van der Waals surface area (Å²) in [5.74, 6) is -1.16. The molecule has 1 heterocycles. The average molecular weight is 386 g/mol. The Hall–Kier alpha value is -3.02. The molecule has 1 amide bonds. The van der Waals surface area contributed by atoms with Crippen LogP contribution < -0.4 is 10.1 Å². The molecule has 12 heteroatoms. The molecule has 0 radical (unpaired) electrons. The highest BCUT2D eigenvalue weighted by atomic mass is 79.9. The Kier molecular flexibility index (Phi) is 4.55. The van der Waals surface area contributed by atoms with Crippen molar-refractivity contribution >= 4 is 39.0 Å². The van der Waals surface area contributed by atoms with Gasteiger partial charge in [0.1, 0.15) is 10.2 Å². The van der Waals surface area contributed by atoms with Gasteiger partial charge in [0.15, 0.2) is 5.69 Å². The predicted molar refractivity (Wildman–Crippen MR) is 80.5 cm³/mol. The number of methoxy groups -OCH3 is 1. The Morgan fingerprint density at radius 1 is 1.35 bits per heavy atom. The monoisotopic (exact) mass is 385 g/mol. The van der Waals surface area contributed by atoms with Gasteiger partial charge in [-0.3, -0.25) is 14.9 Å². The number of nitro benzene ring substituents is 1. The predicted octanol–water partition coefficient (Wildman–Crippen LogP) is 2.25. The lowest BCUT2D eigenvalue weighted by molar-refractivity contribution is -0.390. The van der Waals surface area contributed by atoms with Gasteiger partial charge < -0.3 is 20.2 Å². The number of anilines is 1. The van der Waals surface area contributed by atoms with Gasteiger partial charge >= 0.3 is 5.82 Å². The Labute approximate surface area is 136 Å². The quantitative estimate of drug-likeness (QED) is 0.590. The number of nitrogens with one attached hydrogen (secondary N) is 2. The number of aromatic amines is 1. The standard InChI is InChI=1S/C11H8BrN5O6/c1-23-7-4-5(16(19)20)2-3-6(7)13-11(18)9-8(12)10(15-14-9)17(21)22/h2-4H,1H3,(H,13,18)(H,14,15). The van der Waals surface area contributed by atoms with Crippen molar-refractivity contribution < 1.29 is 19.4 Å². The lowest BCUT2D eigenvalue weighted by Crippen LogP contribution is -2.14. The Bertz CT molecular complexity index is 804. The summed E-state index contributed by atoms with van der Waals surface area (Å²) in [7, 11) is 1.28. The second-order valence-electron chi connectivity index (χ2n) is 4.09. The van der Waals surface area contributed by atoms with Crippen molar-refractivity contribution in [1.29, 1.82) is 0 Å². The van der Waals surface area contributed by atoms with E-state index >= 15 is 0 Å². The van der Waals surface area contributed by atoms with Crippen LogP contribution in [-0.2, 0) is 0 Å². The number of carbonyl (C=O) groups is 1. The molecule has 2 rings (SSSR count). The zero-order valence-electron chi connectivity index (χ0n) is 11.4. The molecule has 11 nitrogen and oxygen atoms in total. The van der Waals surface area contributed by atoms with Crippen molar-refractivity contribution in [1.82, 2.24) is 10.2 Å². The second kappa shape index (κ2) is 6.39. The number of ether oxygens (including phenoxy) is 1. The number of hydrogen-bond acceptors (Lipinski definition) is 7. The van der Waals surface area contributed by atoms with Crippen LogP contribution in [0.1, 0.15) is 10.5 Å². The summed E-state index contributed by atoms with van der Waals surface area (Å²) in [6.45, 7) is 0. The molecule has 120 valence electrons. The Morgan fingerprint density at radius 2 is 2.04 bits per heavy atom. The van der Waals surface area contributed by atoms with E-state index in [0.717, 1.165) is 6.07 Å². The fourth-order valence-electron chi connectivity index (χ4n) is 1.67. The molecule has 0 fully saturated rings. The van der Waals surface area contributed by atoms with Gasteiger partial charge in [-0.05, 0) is 26.9 Å². The highest BCUT2D eigenvalue weighted by Gasteiger charge is 2.25. The largest absolute Gasteiger partial charge is 0.494 e. The van der Waals surface area contributed by atoms with Crippen molar-refractivity contribution in [3.05, 3.63) is 48.6 Å². The molecule has 2 aromatic rings. The third kappa shape index (κ3) is 3.26. The molecule has 0 saturated carbocycles. The second-order valence-corrected chi connectivity index (χ2v) is 4.88. The first-order valence-electron chi connectivity index (χ1n) is 5.87. The van der Waals surface area contributed by atoms with Gasteiger partial charge in [-0.2, -0.15) is 0 Å². The summed E-state index contributed by atoms with van der Waals surface area (Å²) >= 11 is 2.92. The number of amides is 1. The summed E-state index contributed by atoms with van der Waals surface area (Å²) in [6, 6.07) is 3.60. The molecule has 0 spiro atoms. The van der Waals surface area contributed by atoms with Crippen LogP contribution in [0.2, 0.25) is 0 Å². The van der Waals surface area contributed by atoms with E-state index < -0.39 is 21.6 Å². The molecule has 0 atom stereocenters. The molecule has 23 heavy (non-hydrogen) atoms. The van der Waals surface area contributed by atoms with Gasteiger partial charge in [-0.15, -0.1) is 5.10 Å². The van der Waals surface area contributed by atoms with Crippen molar-refractivity contribution in [2.75, 3.05) is 12.4 Å². The number of rotatable bonds is 5. The van der Waals surface area contributed by atoms with Gasteiger partial charge in [0.25, 0.3) is 11.6 Å². The van der Waals surface area contributed by atoms with E-state index in [9.17, 15) is 25.0 Å². The maximum Gasteiger partial charge on any atom is 0.357 e. The number of benzene rings is 1. The van der Waals surface area contributed by atoms with Crippen molar-refractivity contribution in [3.63, 3.8) is 0 Å². The van der Waals surface area contributed by atoms with Crippen LogP contribution in [0.3, 0.4) is 0 Å². The zero-order chi connectivity index (χ0) is 17.1. The number of nitro groups is 2. The van der Waals surface area contributed by atoms with Crippen LogP contribution in [-0.4, -0.2) is 33.1 Å². The third-order valence-electron chi connectivity index (χ3n) is 2.73. The fraction of sp³-hybridized carbons (Fsp3) is 0.0909. The topological polar surface area (TPSA) is 153 Å². The summed E-state index contributed by atoms with van der Waals surface area (Å²) in [4.78, 5) is 32.2. The van der Waals surface area contributed by atoms with Crippen LogP contribution >= 0.6 is 15.9 Å². The number of non-ortho nitro benzene ring substituents is 1. The number of nitrogens with zero attached hydrogens (tertiary/aromatic N) is 3. The first kappa shape index (κ1) is 16.4. The first-order valence-corrected chi connectivity index (χ1v) is 6.66. The minimum Gasteiger partial charge on any atom is -0.494 e. The van der Waals surface area contributed by atoms with Crippen LogP contribution in [0.5, 0.6) is 5.75 Å². The number of H-pyrrole nitrogens is 1. The van der Waals surface area contributed by atoms with Crippen LogP contribution in [0.15, 0.2) is 22.7 Å². The van der Waals surface area contributed by atoms with E-state index in [1.165, 1.54) is 19.2 Å². The highest BCUT2D eigenvalue weighted by Crippen LogP contribution is 2.31. The maximum absolute atomic E-state index is 12.1. The number of hydrogen-bond donors (Lipinski definition) is 2. The van der Waals surface area contributed by atoms with E-state index in [0.29, 0.717) is 0 Å². The molecular formula is C11H8BrN5O6. The molecule has 0 saturated heterocycles. The molecule has 0 aliphatic carbocycles. The molecule has 0 unspecified atom stereocenters. The summed E-state index contributed by atoms with van der Waals surface area (Å²) in [5, 5.41) is 29.5. The fourth-order valence-corrected chi connectivity index (χ4v) is 2.17. The van der Waals surface area contributed by atoms with Gasteiger partial charge in [0.2, 0.25) is 0 Å². The minimum atomic E-state index is -0.756. The summed E-state index contributed by atoms with van der Waals surface area (Å²) in [6.07, 6.45) is 0. The average Bonchev–Trinajstić information content (AvgIpc) is 2.89. The van der Waals surface area contributed by atoms with Crippen molar-refractivity contribution in [2.24, 2.45) is 0 Å². The molecule has 1 aromatic carbocycles. The van der Waals surface area contributed by atoms with E-state index in [1.807, 2.05) is 0 Å². The number of aromatic nitrogens is 2. The minimum absolute atomic E-state index is 0.0636. The highest BCUT2D eigenvalue weighted by molar-refractivity contribution is 9.10. The lowest BCUT2D eigenvalue weighted by atomic mass is 10.2. The van der Waals surface area contributed by atoms with Crippen LogP contribution in [0.25, 0.3) is 0 Å². The molecule has 2 N–H and O–H groups in total. The summed E-state index contributed by atoms with van der Waals surface area (Å²) in [5.41, 5.74) is -0.297. The van der Waals surface area contributed by atoms with Crippen molar-refractivity contribution in [2.45, 2.75) is 0 Å². The van der Waals surface area contributed by atoms with Gasteiger partial charge in [0, 0.05) is 6.07 Å². The molecular weight excluding hydrogens is 378 g/mol. The van der Waals surface area contributed by atoms with E-state index in [2.05, 4.69) is 31.4 Å².